The van der Waals surface area contributed by atoms with E-state index in [4.69, 9.17) is 0 Å². The Morgan fingerprint density at radius 1 is 0.650 bits per heavy atom. The number of benzene rings is 4. The second-order valence-electron chi connectivity index (χ2n) is 11.3. The molecule has 0 bridgehead atoms. The fourth-order valence-electron chi connectivity index (χ4n) is 5.67. The quantitative estimate of drug-likeness (QED) is 0.225. The van der Waals surface area contributed by atoms with Gasteiger partial charge in [-0.15, -0.1) is 0 Å². The summed E-state index contributed by atoms with van der Waals surface area (Å²) in [5, 5.41) is 0. The smallest absolute Gasteiger partial charge is 0.0146 e. The Balaban J connectivity index is 0.000000350. The zero-order valence-electron chi connectivity index (χ0n) is 25.4. The summed E-state index contributed by atoms with van der Waals surface area (Å²) in [6.07, 6.45) is 8.32. The van der Waals surface area contributed by atoms with Crippen LogP contribution >= 0.6 is 0 Å². The highest BCUT2D eigenvalue weighted by Gasteiger charge is 2.18. The largest absolute Gasteiger partial charge is 0.0651 e. The van der Waals surface area contributed by atoms with E-state index in [9.17, 15) is 0 Å². The molecule has 0 N–H and O–H groups in total. The lowest BCUT2D eigenvalue weighted by Crippen LogP contribution is -2.02. The zero-order chi connectivity index (χ0) is 28.5. The Bertz CT molecular complexity index is 1470. The summed E-state index contributed by atoms with van der Waals surface area (Å²) < 4.78 is 0. The maximum Gasteiger partial charge on any atom is -0.0146 e. The van der Waals surface area contributed by atoms with Gasteiger partial charge in [-0.05, 0) is 114 Å². The van der Waals surface area contributed by atoms with E-state index in [2.05, 4.69) is 145 Å². The van der Waals surface area contributed by atoms with E-state index in [1.54, 1.807) is 0 Å². The first-order valence-electron chi connectivity index (χ1n) is 15.1. The van der Waals surface area contributed by atoms with E-state index in [0.717, 1.165) is 19.3 Å². The minimum atomic E-state index is 0.572. The lowest BCUT2D eigenvalue weighted by molar-refractivity contribution is 0.731. The van der Waals surface area contributed by atoms with Crippen LogP contribution in [0.1, 0.15) is 92.7 Å². The summed E-state index contributed by atoms with van der Waals surface area (Å²) in [5.41, 5.74) is 15.4. The van der Waals surface area contributed by atoms with Crippen LogP contribution in [0.15, 0.2) is 109 Å². The molecule has 0 nitrogen and oxygen atoms in total. The number of rotatable bonds is 7. The van der Waals surface area contributed by atoms with Crippen molar-refractivity contribution >= 4 is 11.1 Å². The fourth-order valence-corrected chi connectivity index (χ4v) is 5.67. The third-order valence-electron chi connectivity index (χ3n) is 8.37. The maximum absolute atomic E-state index is 2.46. The third kappa shape index (κ3) is 7.11. The van der Waals surface area contributed by atoms with Crippen molar-refractivity contribution in [3.05, 3.63) is 142 Å². The normalized spacial score (nSPS) is 13.8. The molecule has 4 aromatic carbocycles. The van der Waals surface area contributed by atoms with E-state index >= 15 is 0 Å². The van der Waals surface area contributed by atoms with Crippen molar-refractivity contribution in [2.24, 2.45) is 0 Å². The van der Waals surface area contributed by atoms with Crippen LogP contribution in [0.3, 0.4) is 0 Å². The molecule has 0 fully saturated rings. The van der Waals surface area contributed by atoms with Gasteiger partial charge in [0.05, 0.1) is 0 Å². The molecule has 0 saturated heterocycles. The molecular formula is C40H46. The number of hydrogen-bond acceptors (Lipinski definition) is 0. The molecule has 0 amide bonds. The van der Waals surface area contributed by atoms with Gasteiger partial charge in [-0.3, -0.25) is 0 Å². The van der Waals surface area contributed by atoms with Gasteiger partial charge in [-0.1, -0.05) is 130 Å². The standard InChI is InChI=1S/C31H34.C9H12/c1-6-21(2)27-12-9-10-14-29(27)31-20-26(18-16-24(31)5)25-17-15-23(4)30(19-25)28-13-8-7-11-22(28)3;1-2-6-9-7-4-3-5-8-9/h7-15,17,19-21H,6,16,18H2,1-5H3;3-5,7-8H,2,6H2,1H3. The van der Waals surface area contributed by atoms with Crippen LogP contribution in [-0.2, 0) is 6.42 Å². The fraction of sp³-hybridized carbons (Fsp3) is 0.300. The highest BCUT2D eigenvalue weighted by Crippen LogP contribution is 2.39. The van der Waals surface area contributed by atoms with Gasteiger partial charge in [0.2, 0.25) is 0 Å². The molecule has 1 aliphatic rings. The van der Waals surface area contributed by atoms with Crippen molar-refractivity contribution < 1.29 is 0 Å². The lowest BCUT2D eigenvalue weighted by atomic mass is 9.82. The predicted octanol–water partition coefficient (Wildman–Crippen LogP) is 11.8. The van der Waals surface area contributed by atoms with Crippen LogP contribution < -0.4 is 0 Å². The average Bonchev–Trinajstić information content (AvgIpc) is 2.99. The molecule has 1 atom stereocenters. The first-order chi connectivity index (χ1) is 19.4. The van der Waals surface area contributed by atoms with Gasteiger partial charge < -0.3 is 0 Å². The van der Waals surface area contributed by atoms with E-state index < -0.39 is 0 Å². The number of aryl methyl sites for hydroxylation is 3. The summed E-state index contributed by atoms with van der Waals surface area (Å²) in [4.78, 5) is 0. The molecule has 0 spiro atoms. The minimum Gasteiger partial charge on any atom is -0.0651 e. The molecule has 5 rings (SSSR count). The summed E-state index contributed by atoms with van der Waals surface area (Å²) in [7, 11) is 0. The van der Waals surface area contributed by atoms with Crippen LogP contribution in [0.4, 0.5) is 0 Å². The van der Waals surface area contributed by atoms with E-state index in [-0.39, 0.29) is 0 Å². The summed E-state index contributed by atoms with van der Waals surface area (Å²) in [6.45, 7) is 13.6. The lowest BCUT2D eigenvalue weighted by Gasteiger charge is -2.23. The molecular weight excluding hydrogens is 480 g/mol. The topological polar surface area (TPSA) is 0 Å². The summed E-state index contributed by atoms with van der Waals surface area (Å²) in [5.74, 6) is 0.572. The van der Waals surface area contributed by atoms with Gasteiger partial charge in [0.15, 0.2) is 0 Å². The molecule has 0 aromatic heterocycles. The average molecular weight is 527 g/mol. The van der Waals surface area contributed by atoms with E-state index in [1.807, 2.05) is 0 Å². The Labute approximate surface area is 243 Å². The highest BCUT2D eigenvalue weighted by molar-refractivity contribution is 5.89. The zero-order valence-corrected chi connectivity index (χ0v) is 25.4. The summed E-state index contributed by atoms with van der Waals surface area (Å²) >= 11 is 0. The first kappa shape index (κ1) is 29.3. The van der Waals surface area contributed by atoms with Crippen molar-refractivity contribution in [3.63, 3.8) is 0 Å². The predicted molar refractivity (Wildman–Crippen MR) is 177 cm³/mol. The molecule has 0 heteroatoms. The Morgan fingerprint density at radius 2 is 1.30 bits per heavy atom. The van der Waals surface area contributed by atoms with Crippen LogP contribution in [0, 0.1) is 13.8 Å². The molecule has 1 aliphatic carbocycles. The van der Waals surface area contributed by atoms with Gasteiger partial charge >= 0.3 is 0 Å². The molecule has 4 aromatic rings. The maximum atomic E-state index is 2.46. The van der Waals surface area contributed by atoms with Crippen molar-refractivity contribution in [1.82, 2.24) is 0 Å². The highest BCUT2D eigenvalue weighted by atomic mass is 14.2. The van der Waals surface area contributed by atoms with E-state index in [1.165, 1.54) is 74.1 Å². The SMILES string of the molecule is CCC(C)c1ccccc1C1=C(C)CCC(c2ccc(C)c(-c3ccccc3C)c2)=C1.CCCc1ccccc1. The minimum absolute atomic E-state index is 0.572. The van der Waals surface area contributed by atoms with Crippen LogP contribution in [0.2, 0.25) is 0 Å². The van der Waals surface area contributed by atoms with Crippen molar-refractivity contribution in [2.75, 3.05) is 0 Å². The monoisotopic (exact) mass is 526 g/mol. The van der Waals surface area contributed by atoms with Gasteiger partial charge in [0.1, 0.15) is 0 Å². The first-order valence-corrected chi connectivity index (χ1v) is 15.1. The summed E-state index contributed by atoms with van der Waals surface area (Å²) in [6, 6.07) is 35.3. The molecule has 0 radical (unpaired) electrons. The number of hydrogen-bond donors (Lipinski definition) is 0. The third-order valence-corrected chi connectivity index (χ3v) is 8.37. The van der Waals surface area contributed by atoms with E-state index in [0.29, 0.717) is 5.92 Å². The molecule has 40 heavy (non-hydrogen) atoms. The molecule has 206 valence electrons. The van der Waals surface area contributed by atoms with Crippen molar-refractivity contribution in [1.29, 1.82) is 0 Å². The van der Waals surface area contributed by atoms with Gasteiger partial charge in [-0.25, -0.2) is 0 Å². The molecule has 1 unspecified atom stereocenters. The Morgan fingerprint density at radius 3 is 2.00 bits per heavy atom. The Kier molecular flexibility index (Phi) is 10.4. The van der Waals surface area contributed by atoms with Crippen LogP contribution in [-0.4, -0.2) is 0 Å². The van der Waals surface area contributed by atoms with Gasteiger partial charge in [-0.2, -0.15) is 0 Å². The second kappa shape index (κ2) is 14.1. The molecule has 0 aliphatic heterocycles. The van der Waals surface area contributed by atoms with Crippen molar-refractivity contribution in [2.45, 2.75) is 79.6 Å². The Hall–Kier alpha value is -3.64. The van der Waals surface area contributed by atoms with Crippen LogP contribution in [0.25, 0.3) is 22.3 Å². The molecule has 0 saturated carbocycles. The van der Waals surface area contributed by atoms with Gasteiger partial charge in [0, 0.05) is 0 Å². The second-order valence-corrected chi connectivity index (χ2v) is 11.3. The van der Waals surface area contributed by atoms with Gasteiger partial charge in [0.25, 0.3) is 0 Å². The van der Waals surface area contributed by atoms with Crippen molar-refractivity contribution in [3.8, 4) is 11.1 Å². The molecule has 0 heterocycles. The van der Waals surface area contributed by atoms with Crippen LogP contribution in [0.5, 0.6) is 0 Å². The number of allylic oxidation sites excluding steroid dienone is 4.